The predicted molar refractivity (Wildman–Crippen MR) is 92.1 cm³/mol. The summed E-state index contributed by atoms with van der Waals surface area (Å²) in [6.45, 7) is 3.35. The van der Waals surface area contributed by atoms with Crippen LogP contribution < -0.4 is 9.64 Å². The lowest BCUT2D eigenvalue weighted by Crippen LogP contribution is -2.54. The molecule has 1 amide bonds. The zero-order valence-corrected chi connectivity index (χ0v) is 14.2. The molecule has 1 aliphatic rings. The van der Waals surface area contributed by atoms with Gasteiger partial charge < -0.3 is 14.5 Å². The maximum absolute atomic E-state index is 13.9. The summed E-state index contributed by atoms with van der Waals surface area (Å²) < 4.78 is 33.0. The highest BCUT2D eigenvalue weighted by molar-refractivity contribution is 5.95. The Morgan fingerprint density at radius 2 is 1.80 bits per heavy atom. The molecular weight excluding hydrogens is 326 g/mol. The van der Waals surface area contributed by atoms with E-state index < -0.39 is 23.1 Å². The van der Waals surface area contributed by atoms with E-state index in [2.05, 4.69) is 4.90 Å². The Morgan fingerprint density at radius 3 is 2.44 bits per heavy atom. The number of rotatable bonds is 3. The van der Waals surface area contributed by atoms with E-state index in [1.807, 2.05) is 31.2 Å². The molecule has 1 aliphatic heterocycles. The number of piperazine rings is 1. The van der Waals surface area contributed by atoms with Gasteiger partial charge >= 0.3 is 0 Å². The summed E-state index contributed by atoms with van der Waals surface area (Å²) in [6.07, 6.45) is 0. The third-order valence-corrected chi connectivity index (χ3v) is 4.48. The van der Waals surface area contributed by atoms with Gasteiger partial charge in [0.15, 0.2) is 0 Å². The van der Waals surface area contributed by atoms with E-state index >= 15 is 0 Å². The standard InChI is InChI=1S/C19H20F2N2O2/c1-13-12-22(19(24)18-16(20)7-4-8-17(18)21)9-10-23(13)14-5-3-6-15(11-14)25-2/h3-8,11,13H,9-10,12H2,1-2H3. The van der Waals surface area contributed by atoms with Crippen molar-refractivity contribution in [3.05, 3.63) is 59.7 Å². The summed E-state index contributed by atoms with van der Waals surface area (Å²) >= 11 is 0. The van der Waals surface area contributed by atoms with Crippen LogP contribution in [0.2, 0.25) is 0 Å². The smallest absolute Gasteiger partial charge is 0.259 e. The van der Waals surface area contributed by atoms with E-state index in [0.29, 0.717) is 19.6 Å². The van der Waals surface area contributed by atoms with Crippen LogP contribution in [0.15, 0.2) is 42.5 Å². The minimum absolute atomic E-state index is 0.0136. The summed E-state index contributed by atoms with van der Waals surface area (Å²) in [5.41, 5.74) is 0.514. The van der Waals surface area contributed by atoms with Crippen LogP contribution in [0.3, 0.4) is 0 Å². The number of halogens is 2. The molecule has 0 aromatic heterocycles. The molecule has 2 aromatic rings. The van der Waals surface area contributed by atoms with Gasteiger partial charge in [0, 0.05) is 37.4 Å². The average Bonchev–Trinajstić information content (AvgIpc) is 2.61. The van der Waals surface area contributed by atoms with Crippen LogP contribution in [0, 0.1) is 11.6 Å². The predicted octanol–water partition coefficient (Wildman–Crippen LogP) is 3.32. The molecule has 25 heavy (non-hydrogen) atoms. The van der Waals surface area contributed by atoms with E-state index in [1.54, 1.807) is 7.11 Å². The number of hydrogen-bond donors (Lipinski definition) is 0. The Balaban J connectivity index is 1.76. The van der Waals surface area contributed by atoms with E-state index in [4.69, 9.17) is 4.74 Å². The average molecular weight is 346 g/mol. The van der Waals surface area contributed by atoms with Gasteiger partial charge in [-0.1, -0.05) is 12.1 Å². The molecule has 1 saturated heterocycles. The fraction of sp³-hybridized carbons (Fsp3) is 0.316. The first kappa shape index (κ1) is 17.2. The normalized spacial score (nSPS) is 17.5. The molecule has 0 saturated carbocycles. The van der Waals surface area contributed by atoms with Gasteiger partial charge in [0.05, 0.1) is 7.11 Å². The van der Waals surface area contributed by atoms with Gasteiger partial charge in [-0.15, -0.1) is 0 Å². The maximum Gasteiger partial charge on any atom is 0.259 e. The second-order valence-corrected chi connectivity index (χ2v) is 6.09. The van der Waals surface area contributed by atoms with Crippen LogP contribution in [0.4, 0.5) is 14.5 Å². The van der Waals surface area contributed by atoms with Gasteiger partial charge in [0.25, 0.3) is 5.91 Å². The van der Waals surface area contributed by atoms with Crippen molar-refractivity contribution in [1.29, 1.82) is 0 Å². The van der Waals surface area contributed by atoms with E-state index in [9.17, 15) is 13.6 Å². The number of methoxy groups -OCH3 is 1. The van der Waals surface area contributed by atoms with Gasteiger partial charge in [-0.25, -0.2) is 8.78 Å². The van der Waals surface area contributed by atoms with Crippen LogP contribution >= 0.6 is 0 Å². The van der Waals surface area contributed by atoms with E-state index in [-0.39, 0.29) is 6.04 Å². The fourth-order valence-electron chi connectivity index (χ4n) is 3.18. The molecule has 0 aliphatic carbocycles. The molecule has 6 heteroatoms. The second-order valence-electron chi connectivity index (χ2n) is 6.09. The fourth-order valence-corrected chi connectivity index (χ4v) is 3.18. The Bertz CT molecular complexity index is 762. The molecule has 1 heterocycles. The minimum Gasteiger partial charge on any atom is -0.497 e. The first-order chi connectivity index (χ1) is 12.0. The molecule has 3 rings (SSSR count). The van der Waals surface area contributed by atoms with Crippen LogP contribution in [0.5, 0.6) is 5.75 Å². The van der Waals surface area contributed by atoms with E-state index in [1.165, 1.54) is 11.0 Å². The van der Waals surface area contributed by atoms with Gasteiger partial charge in [-0.3, -0.25) is 4.79 Å². The van der Waals surface area contributed by atoms with Crippen LogP contribution in [0.1, 0.15) is 17.3 Å². The highest BCUT2D eigenvalue weighted by atomic mass is 19.1. The van der Waals surface area contributed by atoms with Gasteiger partial charge in [-0.05, 0) is 31.2 Å². The molecule has 2 aromatic carbocycles. The SMILES string of the molecule is COc1cccc(N2CCN(C(=O)c3c(F)cccc3F)CC2C)c1. The number of carbonyl (C=O) groups excluding carboxylic acids is 1. The third-order valence-electron chi connectivity index (χ3n) is 4.48. The van der Waals surface area contributed by atoms with Gasteiger partial charge in [0.2, 0.25) is 0 Å². The molecule has 1 unspecified atom stereocenters. The largest absolute Gasteiger partial charge is 0.497 e. The van der Waals surface area contributed by atoms with Crippen LogP contribution in [-0.4, -0.2) is 43.6 Å². The summed E-state index contributed by atoms with van der Waals surface area (Å²) in [5.74, 6) is -1.50. The van der Waals surface area contributed by atoms with Crippen LogP contribution in [0.25, 0.3) is 0 Å². The molecule has 4 nitrogen and oxygen atoms in total. The third kappa shape index (κ3) is 3.43. The molecule has 0 bridgehead atoms. The molecule has 1 fully saturated rings. The highest BCUT2D eigenvalue weighted by Gasteiger charge is 2.30. The lowest BCUT2D eigenvalue weighted by molar-refractivity contribution is 0.0716. The molecule has 0 N–H and O–H groups in total. The number of ether oxygens (including phenoxy) is 1. The number of nitrogens with zero attached hydrogens (tertiary/aromatic N) is 2. The number of benzene rings is 2. The Labute approximate surface area is 145 Å². The zero-order valence-electron chi connectivity index (χ0n) is 14.2. The molecular formula is C19H20F2N2O2. The van der Waals surface area contributed by atoms with Crippen molar-refractivity contribution in [3.8, 4) is 5.75 Å². The number of amides is 1. The first-order valence-corrected chi connectivity index (χ1v) is 8.15. The summed E-state index contributed by atoms with van der Waals surface area (Å²) in [5, 5.41) is 0. The number of anilines is 1. The van der Waals surface area contributed by atoms with Crippen molar-refractivity contribution in [2.75, 3.05) is 31.6 Å². The highest BCUT2D eigenvalue weighted by Crippen LogP contribution is 2.26. The number of carbonyl (C=O) groups is 1. The van der Waals surface area contributed by atoms with Gasteiger partial charge in [0.1, 0.15) is 22.9 Å². The molecule has 0 spiro atoms. The Morgan fingerprint density at radius 1 is 1.12 bits per heavy atom. The summed E-state index contributed by atoms with van der Waals surface area (Å²) in [4.78, 5) is 16.2. The van der Waals surface area contributed by atoms with E-state index in [0.717, 1.165) is 23.6 Å². The summed E-state index contributed by atoms with van der Waals surface area (Å²) in [7, 11) is 1.61. The molecule has 1 atom stereocenters. The lowest BCUT2D eigenvalue weighted by atomic mass is 10.1. The lowest BCUT2D eigenvalue weighted by Gasteiger charge is -2.41. The molecule has 132 valence electrons. The quantitative estimate of drug-likeness (QED) is 0.855. The molecule has 0 radical (unpaired) electrons. The van der Waals surface area contributed by atoms with Crippen molar-refractivity contribution in [2.45, 2.75) is 13.0 Å². The van der Waals surface area contributed by atoms with Crippen molar-refractivity contribution in [3.63, 3.8) is 0 Å². The Hall–Kier alpha value is -2.63. The number of hydrogen-bond acceptors (Lipinski definition) is 3. The topological polar surface area (TPSA) is 32.8 Å². The maximum atomic E-state index is 13.9. The summed E-state index contributed by atoms with van der Waals surface area (Å²) in [6, 6.07) is 11.2. The minimum atomic E-state index is -0.826. The second kappa shape index (κ2) is 7.09. The zero-order chi connectivity index (χ0) is 18.0. The first-order valence-electron chi connectivity index (χ1n) is 8.15. The van der Waals surface area contributed by atoms with Crippen molar-refractivity contribution in [1.82, 2.24) is 4.90 Å². The van der Waals surface area contributed by atoms with Crippen molar-refractivity contribution >= 4 is 11.6 Å². The van der Waals surface area contributed by atoms with Crippen molar-refractivity contribution < 1.29 is 18.3 Å². The monoisotopic (exact) mass is 346 g/mol. The van der Waals surface area contributed by atoms with Gasteiger partial charge in [-0.2, -0.15) is 0 Å². The van der Waals surface area contributed by atoms with Crippen LogP contribution in [-0.2, 0) is 0 Å². The Kier molecular flexibility index (Phi) is 4.88. The van der Waals surface area contributed by atoms with Crippen molar-refractivity contribution in [2.24, 2.45) is 0 Å².